The predicted octanol–water partition coefficient (Wildman–Crippen LogP) is 3.22. The van der Waals surface area contributed by atoms with Gasteiger partial charge in [-0.3, -0.25) is 0 Å². The summed E-state index contributed by atoms with van der Waals surface area (Å²) < 4.78 is 5.28. The molecule has 4 heteroatoms. The maximum atomic E-state index is 11.8. The lowest BCUT2D eigenvalue weighted by Crippen LogP contribution is -2.02. The van der Waals surface area contributed by atoms with Crippen LogP contribution in [0.2, 0.25) is 0 Å². The minimum absolute atomic E-state index is 0.337. The second-order valence-corrected chi connectivity index (χ2v) is 4.72. The Kier molecular flexibility index (Phi) is 2.30. The summed E-state index contributed by atoms with van der Waals surface area (Å²) in [6, 6.07) is 7.58. The van der Waals surface area contributed by atoms with Crippen molar-refractivity contribution < 1.29 is 4.42 Å². The average molecular weight is 243 g/mol. The molecule has 0 bridgehead atoms. The van der Waals surface area contributed by atoms with E-state index in [0.29, 0.717) is 16.2 Å². The Bertz CT molecular complexity index is 729. The van der Waals surface area contributed by atoms with Crippen LogP contribution in [0.1, 0.15) is 5.56 Å². The van der Waals surface area contributed by atoms with Crippen LogP contribution in [-0.4, -0.2) is 4.98 Å². The Labute approximate surface area is 101 Å². The maximum absolute atomic E-state index is 11.8. The third kappa shape index (κ3) is 1.76. The largest absolute Gasteiger partial charge is 0.422 e. The van der Waals surface area contributed by atoms with Crippen molar-refractivity contribution in [1.82, 2.24) is 4.98 Å². The zero-order chi connectivity index (χ0) is 11.8. The molecule has 3 rings (SSSR count). The highest BCUT2D eigenvalue weighted by Crippen LogP contribution is 2.23. The lowest BCUT2D eigenvalue weighted by atomic mass is 10.1. The van der Waals surface area contributed by atoms with E-state index in [0.717, 1.165) is 10.9 Å². The monoisotopic (exact) mass is 243 g/mol. The highest BCUT2D eigenvalue weighted by molar-refractivity contribution is 7.13. The molecule has 0 atom stereocenters. The fourth-order valence-electron chi connectivity index (χ4n) is 1.75. The van der Waals surface area contributed by atoms with Gasteiger partial charge in [-0.1, -0.05) is 11.6 Å². The molecule has 2 aromatic heterocycles. The van der Waals surface area contributed by atoms with Gasteiger partial charge in [0, 0.05) is 17.0 Å². The summed E-state index contributed by atoms with van der Waals surface area (Å²) in [4.78, 5) is 16.0. The molecule has 0 aliphatic carbocycles. The van der Waals surface area contributed by atoms with E-state index < -0.39 is 0 Å². The van der Waals surface area contributed by atoms with Gasteiger partial charge in [0.15, 0.2) is 0 Å². The van der Waals surface area contributed by atoms with Gasteiger partial charge in [-0.25, -0.2) is 9.78 Å². The van der Waals surface area contributed by atoms with Crippen molar-refractivity contribution in [2.45, 2.75) is 6.92 Å². The molecular weight excluding hydrogens is 234 g/mol. The van der Waals surface area contributed by atoms with Crippen molar-refractivity contribution in [2.75, 3.05) is 0 Å². The summed E-state index contributed by atoms with van der Waals surface area (Å²) in [6.07, 6.45) is 1.68. The number of thiazole rings is 1. The minimum Gasteiger partial charge on any atom is -0.422 e. The van der Waals surface area contributed by atoms with Gasteiger partial charge in [0.25, 0.3) is 0 Å². The zero-order valence-electron chi connectivity index (χ0n) is 9.14. The lowest BCUT2D eigenvalue weighted by molar-refractivity contribution is 0.563. The van der Waals surface area contributed by atoms with Gasteiger partial charge >= 0.3 is 5.63 Å². The summed E-state index contributed by atoms with van der Waals surface area (Å²) in [7, 11) is 0. The molecule has 3 aromatic rings. The Balaban J connectivity index is 2.33. The molecule has 0 saturated carbocycles. The highest BCUT2D eigenvalue weighted by Gasteiger charge is 2.09. The standard InChI is InChI=1S/C13H9NO2S/c1-8-2-3-11-9(6-8)7-10(13(15)16-11)12-14-4-5-17-12/h2-7H,1H3. The predicted molar refractivity (Wildman–Crippen MR) is 68.3 cm³/mol. The molecule has 17 heavy (non-hydrogen) atoms. The first-order valence-electron chi connectivity index (χ1n) is 5.18. The third-order valence-corrected chi connectivity index (χ3v) is 3.36. The fourth-order valence-corrected chi connectivity index (χ4v) is 2.39. The number of hydrogen-bond acceptors (Lipinski definition) is 4. The number of nitrogens with zero attached hydrogens (tertiary/aromatic N) is 1. The fraction of sp³-hybridized carbons (Fsp3) is 0.0769. The smallest absolute Gasteiger partial charge is 0.346 e. The van der Waals surface area contributed by atoms with Gasteiger partial charge in [-0.15, -0.1) is 11.3 Å². The molecule has 3 nitrogen and oxygen atoms in total. The molecule has 0 spiro atoms. The van der Waals surface area contributed by atoms with Gasteiger partial charge < -0.3 is 4.42 Å². The van der Waals surface area contributed by atoms with E-state index in [4.69, 9.17) is 4.42 Å². The van der Waals surface area contributed by atoms with E-state index in [-0.39, 0.29) is 5.63 Å². The molecule has 0 aliphatic heterocycles. The molecule has 0 amide bonds. The van der Waals surface area contributed by atoms with Crippen LogP contribution >= 0.6 is 11.3 Å². The summed E-state index contributed by atoms with van der Waals surface area (Å²) in [6.45, 7) is 2.01. The molecule has 1 aromatic carbocycles. The number of benzene rings is 1. The van der Waals surface area contributed by atoms with Crippen LogP contribution in [-0.2, 0) is 0 Å². The van der Waals surface area contributed by atoms with E-state index in [1.807, 2.05) is 36.6 Å². The molecule has 0 saturated heterocycles. The van der Waals surface area contributed by atoms with Crippen molar-refractivity contribution in [3.63, 3.8) is 0 Å². The maximum Gasteiger partial charge on any atom is 0.346 e. The Morgan fingerprint density at radius 3 is 2.94 bits per heavy atom. The Morgan fingerprint density at radius 2 is 2.18 bits per heavy atom. The van der Waals surface area contributed by atoms with E-state index >= 15 is 0 Å². The number of rotatable bonds is 1. The minimum atomic E-state index is -0.337. The number of aromatic nitrogens is 1. The van der Waals surface area contributed by atoms with E-state index in [9.17, 15) is 4.79 Å². The quantitative estimate of drug-likeness (QED) is 0.616. The second-order valence-electron chi connectivity index (χ2n) is 3.83. The van der Waals surface area contributed by atoms with Gasteiger partial charge in [0.1, 0.15) is 10.6 Å². The van der Waals surface area contributed by atoms with Crippen molar-refractivity contribution >= 4 is 22.3 Å². The first-order chi connectivity index (χ1) is 8.24. The normalized spacial score (nSPS) is 10.9. The van der Waals surface area contributed by atoms with Gasteiger partial charge in [0.05, 0.1) is 5.56 Å². The molecule has 2 heterocycles. The summed E-state index contributed by atoms with van der Waals surface area (Å²) in [5, 5.41) is 3.46. The van der Waals surface area contributed by atoms with Crippen molar-refractivity contribution in [3.05, 3.63) is 51.8 Å². The SMILES string of the molecule is Cc1ccc2oc(=O)c(-c3nccs3)cc2c1. The van der Waals surface area contributed by atoms with E-state index in [1.165, 1.54) is 11.3 Å². The van der Waals surface area contributed by atoms with Crippen LogP contribution in [0.25, 0.3) is 21.5 Å². The summed E-state index contributed by atoms with van der Waals surface area (Å²) >= 11 is 1.43. The number of aryl methyl sites for hydroxylation is 1. The molecular formula is C13H9NO2S. The molecule has 0 unspecified atom stereocenters. The highest BCUT2D eigenvalue weighted by atomic mass is 32.1. The third-order valence-electron chi connectivity index (χ3n) is 2.55. The Hall–Kier alpha value is -1.94. The van der Waals surface area contributed by atoms with Gasteiger partial charge in [0.2, 0.25) is 0 Å². The Morgan fingerprint density at radius 1 is 1.29 bits per heavy atom. The summed E-state index contributed by atoms with van der Waals surface area (Å²) in [5.74, 6) is 0. The van der Waals surface area contributed by atoms with Gasteiger partial charge in [-0.2, -0.15) is 0 Å². The summed E-state index contributed by atoms with van der Waals surface area (Å²) in [5.41, 5.74) is 1.94. The molecule has 0 N–H and O–H groups in total. The molecule has 0 radical (unpaired) electrons. The zero-order valence-corrected chi connectivity index (χ0v) is 9.95. The van der Waals surface area contributed by atoms with Crippen LogP contribution < -0.4 is 5.63 Å². The van der Waals surface area contributed by atoms with Crippen LogP contribution in [0.15, 0.2) is 45.1 Å². The molecule has 84 valence electrons. The van der Waals surface area contributed by atoms with Crippen molar-refractivity contribution in [2.24, 2.45) is 0 Å². The molecule has 0 fully saturated rings. The van der Waals surface area contributed by atoms with E-state index in [2.05, 4.69) is 4.98 Å². The van der Waals surface area contributed by atoms with E-state index in [1.54, 1.807) is 6.20 Å². The number of fused-ring (bicyclic) bond motifs is 1. The van der Waals surface area contributed by atoms with Crippen LogP contribution in [0, 0.1) is 6.92 Å². The van der Waals surface area contributed by atoms with Crippen LogP contribution in [0.3, 0.4) is 0 Å². The average Bonchev–Trinajstić information content (AvgIpc) is 2.82. The van der Waals surface area contributed by atoms with Crippen molar-refractivity contribution in [1.29, 1.82) is 0 Å². The topological polar surface area (TPSA) is 43.1 Å². The first-order valence-corrected chi connectivity index (χ1v) is 6.06. The number of hydrogen-bond donors (Lipinski definition) is 0. The molecule has 0 aliphatic rings. The van der Waals surface area contributed by atoms with Crippen molar-refractivity contribution in [3.8, 4) is 10.6 Å². The van der Waals surface area contributed by atoms with Crippen LogP contribution in [0.5, 0.6) is 0 Å². The lowest BCUT2D eigenvalue weighted by Gasteiger charge is -2.00. The first kappa shape index (κ1) is 10.2. The van der Waals surface area contributed by atoms with Crippen LogP contribution in [0.4, 0.5) is 0 Å². The van der Waals surface area contributed by atoms with Gasteiger partial charge in [-0.05, 0) is 25.1 Å². The second kappa shape index (κ2) is 3.82.